The molecule has 0 saturated heterocycles. The van der Waals surface area contributed by atoms with Crippen LogP contribution in [0.3, 0.4) is 0 Å². The SMILES string of the molecule is CC/C=C\C/C=C\C/C=C\C/C=C\C/C=C\C/C=C\CCCCCCCCCCC(=O)OC(CO)COC(=O)CCCCCCC/C=C\C/C=C\C/C=C\CC. The summed E-state index contributed by atoms with van der Waals surface area (Å²) < 4.78 is 10.6. The largest absolute Gasteiger partial charge is 0.462 e. The van der Waals surface area contributed by atoms with Gasteiger partial charge in [0.2, 0.25) is 0 Å². The topological polar surface area (TPSA) is 72.8 Å². The third-order valence-corrected chi connectivity index (χ3v) is 9.06. The Bertz CT molecular complexity index is 1150. The van der Waals surface area contributed by atoms with E-state index in [9.17, 15) is 14.7 Å². The lowest BCUT2D eigenvalue weighted by atomic mass is 10.1. The lowest BCUT2D eigenvalue weighted by molar-refractivity contribution is -0.161. The standard InChI is InChI=1S/C51H82O5/c1-3-5-7-9-11-13-15-17-19-20-21-22-23-24-25-26-27-28-29-30-32-34-36-38-40-42-44-46-51(54)56-49(47-52)48-55-50(53)45-43-41-39-37-35-33-31-18-16-14-12-10-8-6-4-2/h5-8,11-14,17-19,21-22,24-25,27-28,31,49,52H,3-4,9-10,15-16,20,23,26,29-30,32-48H2,1-2H3/b7-5-,8-6-,13-11-,14-12-,19-17-,22-21-,25-24-,28-27-,31-18-. The Morgan fingerprint density at radius 3 is 1.07 bits per heavy atom. The van der Waals surface area contributed by atoms with Crippen LogP contribution < -0.4 is 0 Å². The first-order chi connectivity index (χ1) is 27.6. The Kier molecular flexibility index (Phi) is 43.1. The Balaban J connectivity index is 3.62. The van der Waals surface area contributed by atoms with Crippen LogP contribution in [-0.2, 0) is 19.1 Å². The summed E-state index contributed by atoms with van der Waals surface area (Å²) in [6, 6.07) is 0. The van der Waals surface area contributed by atoms with Crippen LogP contribution in [0.1, 0.15) is 181 Å². The van der Waals surface area contributed by atoms with Gasteiger partial charge in [0.1, 0.15) is 6.61 Å². The van der Waals surface area contributed by atoms with Crippen LogP contribution in [0.4, 0.5) is 0 Å². The van der Waals surface area contributed by atoms with Gasteiger partial charge in [-0.1, -0.05) is 181 Å². The first-order valence-electron chi connectivity index (χ1n) is 22.4. The van der Waals surface area contributed by atoms with Crippen LogP contribution >= 0.6 is 0 Å². The molecule has 1 unspecified atom stereocenters. The van der Waals surface area contributed by atoms with Crippen LogP contribution in [0.5, 0.6) is 0 Å². The van der Waals surface area contributed by atoms with E-state index in [1.165, 1.54) is 38.5 Å². The van der Waals surface area contributed by atoms with E-state index in [2.05, 4.69) is 123 Å². The molecular weight excluding hydrogens is 693 g/mol. The summed E-state index contributed by atoms with van der Waals surface area (Å²) in [5.41, 5.74) is 0. The molecule has 0 aliphatic rings. The van der Waals surface area contributed by atoms with Crippen molar-refractivity contribution in [1.29, 1.82) is 0 Å². The maximum absolute atomic E-state index is 12.2. The molecule has 0 aliphatic heterocycles. The quantitative estimate of drug-likeness (QED) is 0.0382. The fourth-order valence-electron chi connectivity index (χ4n) is 5.75. The van der Waals surface area contributed by atoms with Crippen molar-refractivity contribution in [1.82, 2.24) is 0 Å². The van der Waals surface area contributed by atoms with E-state index < -0.39 is 6.10 Å². The van der Waals surface area contributed by atoms with E-state index in [4.69, 9.17) is 9.47 Å². The molecule has 316 valence electrons. The van der Waals surface area contributed by atoms with E-state index >= 15 is 0 Å². The Hall–Kier alpha value is -3.44. The zero-order valence-electron chi connectivity index (χ0n) is 35.8. The van der Waals surface area contributed by atoms with E-state index in [0.717, 1.165) is 116 Å². The number of rotatable bonds is 39. The van der Waals surface area contributed by atoms with Gasteiger partial charge in [0.05, 0.1) is 6.61 Å². The summed E-state index contributed by atoms with van der Waals surface area (Å²) >= 11 is 0. The monoisotopic (exact) mass is 775 g/mol. The zero-order chi connectivity index (χ0) is 40.7. The van der Waals surface area contributed by atoms with Gasteiger partial charge in [0, 0.05) is 12.8 Å². The number of hydrogen-bond donors (Lipinski definition) is 1. The maximum atomic E-state index is 12.2. The van der Waals surface area contributed by atoms with Gasteiger partial charge < -0.3 is 14.6 Å². The van der Waals surface area contributed by atoms with Crippen molar-refractivity contribution in [3.8, 4) is 0 Å². The zero-order valence-corrected chi connectivity index (χ0v) is 35.8. The second kappa shape index (κ2) is 45.9. The molecule has 0 rings (SSSR count). The highest BCUT2D eigenvalue weighted by Gasteiger charge is 2.16. The molecule has 5 nitrogen and oxygen atoms in total. The Labute approximate surface area is 344 Å². The molecule has 0 aromatic carbocycles. The van der Waals surface area contributed by atoms with Gasteiger partial charge in [-0.05, 0) is 96.3 Å². The van der Waals surface area contributed by atoms with Crippen LogP contribution in [0.15, 0.2) is 109 Å². The molecule has 56 heavy (non-hydrogen) atoms. The van der Waals surface area contributed by atoms with E-state index in [-0.39, 0.29) is 25.2 Å². The van der Waals surface area contributed by atoms with Crippen LogP contribution in [0.25, 0.3) is 0 Å². The highest BCUT2D eigenvalue weighted by Crippen LogP contribution is 2.13. The minimum Gasteiger partial charge on any atom is -0.462 e. The van der Waals surface area contributed by atoms with Crippen molar-refractivity contribution in [3.63, 3.8) is 0 Å². The molecule has 0 aromatic rings. The lowest BCUT2D eigenvalue weighted by Gasteiger charge is -2.15. The van der Waals surface area contributed by atoms with Crippen LogP contribution in [0.2, 0.25) is 0 Å². The van der Waals surface area contributed by atoms with Gasteiger partial charge in [-0.3, -0.25) is 9.59 Å². The average molecular weight is 775 g/mol. The Morgan fingerprint density at radius 1 is 0.411 bits per heavy atom. The summed E-state index contributed by atoms with van der Waals surface area (Å²) in [7, 11) is 0. The molecule has 0 saturated carbocycles. The summed E-state index contributed by atoms with van der Waals surface area (Å²) in [6.07, 6.45) is 65.9. The predicted molar refractivity (Wildman–Crippen MR) is 242 cm³/mol. The number of esters is 2. The van der Waals surface area contributed by atoms with Crippen molar-refractivity contribution in [3.05, 3.63) is 109 Å². The van der Waals surface area contributed by atoms with Crippen molar-refractivity contribution in [2.45, 2.75) is 187 Å². The van der Waals surface area contributed by atoms with Crippen LogP contribution in [-0.4, -0.2) is 36.4 Å². The summed E-state index contributed by atoms with van der Waals surface area (Å²) in [5, 5.41) is 9.59. The van der Waals surface area contributed by atoms with Crippen molar-refractivity contribution < 1.29 is 24.2 Å². The summed E-state index contributed by atoms with van der Waals surface area (Å²) in [5.74, 6) is -0.630. The highest BCUT2D eigenvalue weighted by atomic mass is 16.6. The van der Waals surface area contributed by atoms with Gasteiger partial charge >= 0.3 is 11.9 Å². The summed E-state index contributed by atoms with van der Waals surface area (Å²) in [4.78, 5) is 24.3. The van der Waals surface area contributed by atoms with E-state index in [0.29, 0.717) is 12.8 Å². The molecule has 0 radical (unpaired) electrons. The molecule has 5 heteroatoms. The maximum Gasteiger partial charge on any atom is 0.306 e. The minimum absolute atomic E-state index is 0.0852. The lowest BCUT2D eigenvalue weighted by Crippen LogP contribution is -2.28. The van der Waals surface area contributed by atoms with Gasteiger partial charge in [-0.15, -0.1) is 0 Å². The van der Waals surface area contributed by atoms with Gasteiger partial charge in [0.15, 0.2) is 6.10 Å². The molecule has 0 aromatic heterocycles. The minimum atomic E-state index is -0.791. The number of aliphatic hydroxyl groups excluding tert-OH is 1. The third-order valence-electron chi connectivity index (χ3n) is 9.06. The molecule has 0 spiro atoms. The number of carbonyl (C=O) groups excluding carboxylic acids is 2. The number of aliphatic hydroxyl groups is 1. The van der Waals surface area contributed by atoms with E-state index in [1.54, 1.807) is 0 Å². The molecule has 1 atom stereocenters. The predicted octanol–water partition coefficient (Wildman–Crippen LogP) is 14.6. The highest BCUT2D eigenvalue weighted by molar-refractivity contribution is 5.70. The fraction of sp³-hybridized carbons (Fsp3) is 0.608. The normalized spacial score (nSPS) is 13.3. The second-order valence-corrected chi connectivity index (χ2v) is 14.4. The molecule has 0 aliphatic carbocycles. The second-order valence-electron chi connectivity index (χ2n) is 14.4. The molecule has 0 heterocycles. The molecule has 0 bridgehead atoms. The van der Waals surface area contributed by atoms with E-state index in [1.807, 2.05) is 0 Å². The smallest absolute Gasteiger partial charge is 0.306 e. The van der Waals surface area contributed by atoms with Gasteiger partial charge in [-0.2, -0.15) is 0 Å². The average Bonchev–Trinajstić information content (AvgIpc) is 3.20. The van der Waals surface area contributed by atoms with Gasteiger partial charge in [-0.25, -0.2) is 0 Å². The summed E-state index contributed by atoms with van der Waals surface area (Å²) in [6.45, 7) is 3.88. The van der Waals surface area contributed by atoms with Crippen molar-refractivity contribution in [2.75, 3.05) is 13.2 Å². The van der Waals surface area contributed by atoms with Crippen LogP contribution in [0, 0.1) is 0 Å². The van der Waals surface area contributed by atoms with Crippen molar-refractivity contribution >= 4 is 11.9 Å². The third kappa shape index (κ3) is 43.3. The molecule has 0 fully saturated rings. The number of ether oxygens (including phenoxy) is 2. The number of allylic oxidation sites excluding steroid dienone is 18. The number of hydrogen-bond acceptors (Lipinski definition) is 5. The molecule has 1 N–H and O–H groups in total. The van der Waals surface area contributed by atoms with Gasteiger partial charge in [0.25, 0.3) is 0 Å². The van der Waals surface area contributed by atoms with Crippen molar-refractivity contribution in [2.24, 2.45) is 0 Å². The fourth-order valence-corrected chi connectivity index (χ4v) is 5.75. The molecule has 0 amide bonds. The first kappa shape index (κ1) is 52.6. The molecular formula is C51H82O5. The Morgan fingerprint density at radius 2 is 0.714 bits per heavy atom. The first-order valence-corrected chi connectivity index (χ1v) is 22.4. The number of unbranched alkanes of at least 4 members (excludes halogenated alkanes) is 13. The number of carbonyl (C=O) groups is 2.